The fourth-order valence-corrected chi connectivity index (χ4v) is 4.87. The smallest absolute Gasteiger partial charge is 0.472 e. The molecular weight excluding hydrogens is 565 g/mol. The largest absolute Gasteiger partial charge is 0.494 e. The maximum Gasteiger partial charge on any atom is 0.472 e. The van der Waals surface area contributed by atoms with Crippen molar-refractivity contribution in [3.05, 3.63) is 29.8 Å². The Balaban J connectivity index is 2.07. The number of hydrogen-bond donors (Lipinski definition) is 4. The number of unbranched alkanes of at least 4 members (excludes halogenated alkanes) is 12. The fraction of sp³-hybridized carbons (Fsp3) is 0.733. The molecule has 0 spiro atoms. The van der Waals surface area contributed by atoms with Gasteiger partial charge in [0, 0.05) is 6.42 Å². The van der Waals surface area contributed by atoms with E-state index in [0.717, 1.165) is 17.7 Å². The lowest BCUT2D eigenvalue weighted by Gasteiger charge is -2.16. The number of carbonyl (C=O) groups excluding carboxylic acids is 1. The van der Waals surface area contributed by atoms with Crippen molar-refractivity contribution < 1.29 is 47.8 Å². The van der Waals surface area contributed by atoms with E-state index in [9.17, 15) is 24.2 Å². The molecule has 242 valence electrons. The number of ether oxygens (including phenoxy) is 2. The second-order valence-electron chi connectivity index (χ2n) is 10.6. The maximum absolute atomic E-state index is 12.0. The van der Waals surface area contributed by atoms with Crippen LogP contribution in [0.1, 0.15) is 102 Å². The van der Waals surface area contributed by atoms with Crippen LogP contribution in [-0.2, 0) is 34.4 Å². The summed E-state index contributed by atoms with van der Waals surface area (Å²) in [6.45, 7) is 1.08. The van der Waals surface area contributed by atoms with Crippen LogP contribution in [0, 0.1) is 0 Å². The minimum Gasteiger partial charge on any atom is -0.494 e. The number of aliphatic hydroxyl groups excluding tert-OH is 1. The van der Waals surface area contributed by atoms with E-state index in [0.29, 0.717) is 13.0 Å². The standard InChI is InChI=1S/C30H52NO10P/c1-2-3-4-5-6-7-8-9-10-11-12-13-14-21-38-27-18-15-25(16-19-27)17-20-29(33)39-22-26(32)23-40-42(36,37)41-24-28(31)30(34)35/h15-16,18-19,26,28,32H,2-14,17,20-24,31H2,1H3,(H,34,35)(H,36,37)/t26-,28+/m1/s1. The lowest BCUT2D eigenvalue weighted by atomic mass is 10.0. The van der Waals surface area contributed by atoms with Crippen LogP contribution >= 0.6 is 7.82 Å². The van der Waals surface area contributed by atoms with Gasteiger partial charge in [0.1, 0.15) is 24.5 Å². The van der Waals surface area contributed by atoms with Gasteiger partial charge >= 0.3 is 19.8 Å². The molecule has 3 atom stereocenters. The average Bonchev–Trinajstić information content (AvgIpc) is 2.97. The van der Waals surface area contributed by atoms with Crippen molar-refractivity contribution in [1.82, 2.24) is 0 Å². The molecular formula is C30H52NO10P. The number of nitrogens with two attached hydrogens (primary N) is 1. The summed E-state index contributed by atoms with van der Waals surface area (Å²) in [5.74, 6) is -1.17. The highest BCUT2D eigenvalue weighted by Crippen LogP contribution is 2.43. The number of phosphoric ester groups is 1. The molecule has 0 aliphatic rings. The Bertz CT molecular complexity index is 899. The predicted molar refractivity (Wildman–Crippen MR) is 160 cm³/mol. The lowest BCUT2D eigenvalue weighted by Crippen LogP contribution is -2.34. The van der Waals surface area contributed by atoms with Crippen LogP contribution < -0.4 is 10.5 Å². The second kappa shape index (κ2) is 23.4. The van der Waals surface area contributed by atoms with Gasteiger partial charge in [-0.25, -0.2) is 4.57 Å². The number of carboxylic acids is 1. The number of carbonyl (C=O) groups is 2. The second-order valence-corrected chi connectivity index (χ2v) is 12.0. The van der Waals surface area contributed by atoms with E-state index in [1.807, 2.05) is 24.3 Å². The van der Waals surface area contributed by atoms with Crippen molar-refractivity contribution in [2.75, 3.05) is 26.4 Å². The number of benzene rings is 1. The van der Waals surface area contributed by atoms with Gasteiger partial charge in [-0.1, -0.05) is 96.1 Å². The van der Waals surface area contributed by atoms with Crippen LogP contribution in [0.15, 0.2) is 24.3 Å². The molecule has 12 heteroatoms. The van der Waals surface area contributed by atoms with Crippen molar-refractivity contribution in [1.29, 1.82) is 0 Å². The van der Waals surface area contributed by atoms with Gasteiger partial charge < -0.3 is 30.3 Å². The summed E-state index contributed by atoms with van der Waals surface area (Å²) in [4.78, 5) is 32.1. The van der Waals surface area contributed by atoms with E-state index in [-0.39, 0.29) is 6.42 Å². The van der Waals surface area contributed by atoms with Crippen LogP contribution in [0.25, 0.3) is 0 Å². The van der Waals surface area contributed by atoms with Crippen LogP contribution in [0.3, 0.4) is 0 Å². The molecule has 0 radical (unpaired) electrons. The van der Waals surface area contributed by atoms with E-state index in [1.165, 1.54) is 77.0 Å². The highest BCUT2D eigenvalue weighted by atomic mass is 31.2. The Morgan fingerprint density at radius 1 is 0.833 bits per heavy atom. The van der Waals surface area contributed by atoms with Crippen molar-refractivity contribution in [3.63, 3.8) is 0 Å². The van der Waals surface area contributed by atoms with Crippen LogP contribution in [0.4, 0.5) is 0 Å². The van der Waals surface area contributed by atoms with Crippen LogP contribution in [-0.4, -0.2) is 65.6 Å². The predicted octanol–water partition coefficient (Wildman–Crippen LogP) is 5.54. The Kier molecular flexibility index (Phi) is 21.2. The molecule has 0 heterocycles. The van der Waals surface area contributed by atoms with Gasteiger partial charge in [0.05, 0.1) is 19.8 Å². The molecule has 0 saturated carbocycles. The van der Waals surface area contributed by atoms with Gasteiger partial charge in [0.2, 0.25) is 0 Å². The van der Waals surface area contributed by atoms with Crippen molar-refractivity contribution in [2.45, 2.75) is 115 Å². The zero-order valence-corrected chi connectivity index (χ0v) is 26.0. The Hall–Kier alpha value is -2.01. The summed E-state index contributed by atoms with van der Waals surface area (Å²) in [5, 5.41) is 18.5. The molecule has 1 aromatic carbocycles. The summed E-state index contributed by atoms with van der Waals surface area (Å²) in [5.41, 5.74) is 6.11. The first-order chi connectivity index (χ1) is 20.1. The number of aryl methyl sites for hydroxylation is 1. The lowest BCUT2D eigenvalue weighted by molar-refractivity contribution is -0.147. The number of aliphatic hydroxyl groups is 1. The summed E-state index contributed by atoms with van der Waals surface area (Å²) in [6.07, 6.45) is 16.2. The molecule has 0 aliphatic carbocycles. The maximum atomic E-state index is 12.0. The molecule has 0 bridgehead atoms. The highest BCUT2D eigenvalue weighted by Gasteiger charge is 2.26. The first kappa shape index (κ1) is 38.0. The van der Waals surface area contributed by atoms with Crippen molar-refractivity contribution in [2.24, 2.45) is 5.73 Å². The molecule has 0 fully saturated rings. The van der Waals surface area contributed by atoms with E-state index in [4.69, 9.17) is 20.3 Å². The summed E-state index contributed by atoms with van der Waals surface area (Å²) >= 11 is 0. The van der Waals surface area contributed by atoms with Crippen LogP contribution in [0.2, 0.25) is 0 Å². The number of phosphoric acid groups is 1. The number of carboxylic acid groups (broad SMARTS) is 1. The molecule has 5 N–H and O–H groups in total. The molecule has 0 aromatic heterocycles. The monoisotopic (exact) mass is 617 g/mol. The van der Waals surface area contributed by atoms with Gasteiger partial charge in [0.25, 0.3) is 0 Å². The molecule has 1 rings (SSSR count). The van der Waals surface area contributed by atoms with Gasteiger partial charge in [-0.2, -0.15) is 0 Å². The zero-order chi connectivity index (χ0) is 31.1. The third-order valence-corrected chi connectivity index (χ3v) is 7.61. The first-order valence-corrected chi connectivity index (χ1v) is 16.8. The first-order valence-electron chi connectivity index (χ1n) is 15.3. The topological polar surface area (TPSA) is 175 Å². The van der Waals surface area contributed by atoms with Crippen LogP contribution in [0.5, 0.6) is 5.75 Å². The van der Waals surface area contributed by atoms with Crippen molar-refractivity contribution in [3.8, 4) is 5.75 Å². The number of rotatable bonds is 27. The van der Waals surface area contributed by atoms with Gasteiger partial charge in [-0.3, -0.25) is 18.6 Å². The molecule has 11 nitrogen and oxygen atoms in total. The van der Waals surface area contributed by atoms with Gasteiger partial charge in [-0.05, 0) is 30.5 Å². The van der Waals surface area contributed by atoms with E-state index >= 15 is 0 Å². The summed E-state index contributed by atoms with van der Waals surface area (Å²) in [6, 6.07) is 6.04. The minimum absolute atomic E-state index is 0.0847. The van der Waals surface area contributed by atoms with Gasteiger partial charge in [0.15, 0.2) is 0 Å². The highest BCUT2D eigenvalue weighted by molar-refractivity contribution is 7.47. The molecule has 1 unspecified atom stereocenters. The van der Waals surface area contributed by atoms with Gasteiger partial charge in [-0.15, -0.1) is 0 Å². The Morgan fingerprint density at radius 3 is 1.90 bits per heavy atom. The SMILES string of the molecule is CCCCCCCCCCCCCCCOc1ccc(CCC(=O)OC[C@@H](O)COP(=O)(O)OC[C@H](N)C(=O)O)cc1. The number of hydrogen-bond acceptors (Lipinski definition) is 9. The Morgan fingerprint density at radius 2 is 1.36 bits per heavy atom. The van der Waals surface area contributed by atoms with E-state index < -0.39 is 51.7 Å². The molecule has 0 amide bonds. The minimum atomic E-state index is -4.62. The molecule has 0 aliphatic heterocycles. The quantitative estimate of drug-likeness (QED) is 0.0554. The summed E-state index contributed by atoms with van der Waals surface area (Å²) in [7, 11) is -4.62. The van der Waals surface area contributed by atoms with E-state index in [1.54, 1.807) is 0 Å². The molecule has 42 heavy (non-hydrogen) atoms. The number of esters is 1. The third-order valence-electron chi connectivity index (χ3n) is 6.66. The van der Waals surface area contributed by atoms with E-state index in [2.05, 4.69) is 16.0 Å². The fourth-order valence-electron chi connectivity index (χ4n) is 4.08. The normalized spacial score (nSPS) is 14.2. The third kappa shape index (κ3) is 20.8. The summed E-state index contributed by atoms with van der Waals surface area (Å²) < 4.78 is 31.5. The number of aliphatic carboxylic acids is 1. The average molecular weight is 618 g/mol. The zero-order valence-electron chi connectivity index (χ0n) is 25.1. The van der Waals surface area contributed by atoms with Crippen molar-refractivity contribution >= 4 is 19.8 Å². The molecule has 1 aromatic rings. The molecule has 0 saturated heterocycles. The Labute approximate surface area is 250 Å².